The SMILES string of the molecule is Cc1c(Cl)cccc1-n1c(C)cc([C@H]2[C@@H](c3ccccn3)NC(=S)N2c2ccc(NS(C)(=O)=O)cc2)c1C. The molecule has 0 spiro atoms. The Morgan fingerprint density at radius 1 is 1.03 bits per heavy atom. The standard InChI is InChI=1S/C28H28ClN5O2S2/c1-17-16-22(19(3)33(17)25-10-7-8-23(29)18(25)2)27-26(24-9-5-6-15-30-24)31-28(37)34(27)21-13-11-20(12-14-21)32-38(4,35)36/h5-16,26-27,32H,1-4H3,(H,31,37)/t26-,27+/m1/s1. The molecule has 38 heavy (non-hydrogen) atoms. The van der Waals surface area contributed by atoms with Crippen molar-refractivity contribution < 1.29 is 8.42 Å². The number of rotatable bonds is 6. The van der Waals surface area contributed by atoms with E-state index in [1.165, 1.54) is 0 Å². The van der Waals surface area contributed by atoms with E-state index in [-0.39, 0.29) is 12.1 Å². The maximum absolute atomic E-state index is 11.7. The lowest BCUT2D eigenvalue weighted by Gasteiger charge is -2.28. The van der Waals surface area contributed by atoms with Gasteiger partial charge in [0.05, 0.1) is 24.0 Å². The summed E-state index contributed by atoms with van der Waals surface area (Å²) >= 11 is 12.3. The van der Waals surface area contributed by atoms with Crippen LogP contribution in [0.15, 0.2) is 72.9 Å². The van der Waals surface area contributed by atoms with Gasteiger partial charge in [-0.3, -0.25) is 9.71 Å². The Morgan fingerprint density at radius 3 is 2.42 bits per heavy atom. The summed E-state index contributed by atoms with van der Waals surface area (Å²) in [6.07, 6.45) is 2.91. The first-order chi connectivity index (χ1) is 18.0. The third-order valence-electron chi connectivity index (χ3n) is 6.82. The van der Waals surface area contributed by atoms with Crippen LogP contribution in [0, 0.1) is 20.8 Å². The van der Waals surface area contributed by atoms with Crippen molar-refractivity contribution in [2.45, 2.75) is 32.9 Å². The van der Waals surface area contributed by atoms with Crippen LogP contribution in [-0.2, 0) is 10.0 Å². The topological polar surface area (TPSA) is 79.3 Å². The minimum atomic E-state index is -3.38. The number of hydrogen-bond acceptors (Lipinski definition) is 4. The van der Waals surface area contributed by atoms with Crippen molar-refractivity contribution in [1.29, 1.82) is 0 Å². The zero-order valence-corrected chi connectivity index (χ0v) is 23.8. The first-order valence-electron chi connectivity index (χ1n) is 12.1. The van der Waals surface area contributed by atoms with Crippen molar-refractivity contribution in [1.82, 2.24) is 14.9 Å². The monoisotopic (exact) mass is 565 g/mol. The lowest BCUT2D eigenvalue weighted by molar-refractivity contribution is 0.565. The fraction of sp³-hybridized carbons (Fsp3) is 0.214. The summed E-state index contributed by atoms with van der Waals surface area (Å²) in [4.78, 5) is 6.73. The van der Waals surface area contributed by atoms with Gasteiger partial charge < -0.3 is 14.8 Å². The Kier molecular flexibility index (Phi) is 6.94. The van der Waals surface area contributed by atoms with Crippen LogP contribution in [0.3, 0.4) is 0 Å². The van der Waals surface area contributed by atoms with Gasteiger partial charge in [0, 0.05) is 39.7 Å². The number of aryl methyl sites for hydroxylation is 1. The van der Waals surface area contributed by atoms with E-state index in [0.717, 1.165) is 50.9 Å². The number of sulfonamides is 1. The Morgan fingerprint density at radius 2 is 1.76 bits per heavy atom. The Labute approximate surface area is 233 Å². The minimum Gasteiger partial charge on any atom is -0.351 e. The van der Waals surface area contributed by atoms with E-state index >= 15 is 0 Å². The molecule has 3 heterocycles. The molecule has 1 aliphatic heterocycles. The molecular weight excluding hydrogens is 538 g/mol. The van der Waals surface area contributed by atoms with E-state index in [9.17, 15) is 8.42 Å². The molecule has 7 nitrogen and oxygen atoms in total. The first-order valence-corrected chi connectivity index (χ1v) is 14.8. The first kappa shape index (κ1) is 26.2. The van der Waals surface area contributed by atoms with E-state index in [2.05, 4.69) is 50.5 Å². The van der Waals surface area contributed by atoms with E-state index in [1.54, 1.807) is 18.3 Å². The molecule has 2 N–H and O–H groups in total. The van der Waals surface area contributed by atoms with Crippen LogP contribution in [0.2, 0.25) is 5.02 Å². The van der Waals surface area contributed by atoms with Crippen LogP contribution in [0.5, 0.6) is 0 Å². The zero-order chi connectivity index (χ0) is 27.2. The van der Waals surface area contributed by atoms with E-state index < -0.39 is 10.0 Å². The van der Waals surface area contributed by atoms with Gasteiger partial charge in [0.1, 0.15) is 0 Å². The molecule has 0 saturated carbocycles. The number of aromatic nitrogens is 2. The number of halogens is 1. The van der Waals surface area contributed by atoms with Crippen molar-refractivity contribution in [2.24, 2.45) is 0 Å². The van der Waals surface area contributed by atoms with Crippen LogP contribution in [0.4, 0.5) is 11.4 Å². The lowest BCUT2D eigenvalue weighted by atomic mass is 9.96. The van der Waals surface area contributed by atoms with Gasteiger partial charge in [0.25, 0.3) is 0 Å². The molecule has 0 amide bonds. The molecule has 1 aliphatic rings. The molecule has 2 aromatic heterocycles. The molecule has 1 fully saturated rings. The average Bonchev–Trinajstić information content (AvgIpc) is 3.36. The van der Waals surface area contributed by atoms with Crippen LogP contribution >= 0.6 is 23.8 Å². The van der Waals surface area contributed by atoms with Crippen molar-refractivity contribution in [3.63, 3.8) is 0 Å². The quantitative estimate of drug-likeness (QED) is 0.279. The van der Waals surface area contributed by atoms with Crippen LogP contribution < -0.4 is 14.9 Å². The van der Waals surface area contributed by atoms with E-state index in [1.807, 2.05) is 49.4 Å². The molecular formula is C28H28ClN5O2S2. The van der Waals surface area contributed by atoms with E-state index in [4.69, 9.17) is 23.8 Å². The molecule has 0 aliphatic carbocycles. The largest absolute Gasteiger partial charge is 0.351 e. The number of thiocarbonyl (C=S) groups is 1. The highest BCUT2D eigenvalue weighted by molar-refractivity contribution is 7.92. The van der Waals surface area contributed by atoms with Gasteiger partial charge in [-0.15, -0.1) is 0 Å². The fourth-order valence-electron chi connectivity index (χ4n) is 5.15. The zero-order valence-electron chi connectivity index (χ0n) is 21.4. The summed E-state index contributed by atoms with van der Waals surface area (Å²) < 4.78 is 28.1. The van der Waals surface area contributed by atoms with Gasteiger partial charge in [-0.25, -0.2) is 8.42 Å². The third kappa shape index (κ3) is 4.89. The molecule has 10 heteroatoms. The van der Waals surface area contributed by atoms with Crippen LogP contribution in [0.25, 0.3) is 5.69 Å². The third-order valence-corrected chi connectivity index (χ3v) is 8.15. The Hall–Kier alpha value is -3.40. The molecule has 5 rings (SSSR count). The predicted octanol–water partition coefficient (Wildman–Crippen LogP) is 6.00. The summed E-state index contributed by atoms with van der Waals surface area (Å²) in [7, 11) is -3.38. The van der Waals surface area contributed by atoms with Crippen molar-refractivity contribution in [3.8, 4) is 5.69 Å². The molecule has 4 aromatic rings. The van der Waals surface area contributed by atoms with Crippen LogP contribution in [-0.4, -0.2) is 29.3 Å². The van der Waals surface area contributed by atoms with Gasteiger partial charge in [0.2, 0.25) is 10.0 Å². The highest BCUT2D eigenvalue weighted by Crippen LogP contribution is 2.44. The summed E-state index contributed by atoms with van der Waals surface area (Å²) in [5, 5.41) is 4.78. The molecule has 2 aromatic carbocycles. The van der Waals surface area contributed by atoms with Crippen molar-refractivity contribution >= 4 is 50.3 Å². The second-order valence-corrected chi connectivity index (χ2v) is 12.0. The smallest absolute Gasteiger partial charge is 0.229 e. The number of pyridine rings is 1. The maximum Gasteiger partial charge on any atom is 0.229 e. The fourth-order valence-corrected chi connectivity index (χ4v) is 6.23. The summed E-state index contributed by atoms with van der Waals surface area (Å²) in [5.41, 5.74) is 7.50. The molecule has 196 valence electrons. The molecule has 0 radical (unpaired) electrons. The van der Waals surface area contributed by atoms with Gasteiger partial charge in [-0.05, 0) is 98.7 Å². The maximum atomic E-state index is 11.7. The van der Waals surface area contributed by atoms with Crippen LogP contribution in [0.1, 0.15) is 40.3 Å². The second-order valence-electron chi connectivity index (χ2n) is 9.46. The number of benzene rings is 2. The van der Waals surface area contributed by atoms with Gasteiger partial charge >= 0.3 is 0 Å². The van der Waals surface area contributed by atoms with E-state index in [0.29, 0.717) is 10.8 Å². The Bertz CT molecular complexity index is 1620. The number of hydrogen-bond donors (Lipinski definition) is 2. The average molecular weight is 566 g/mol. The normalized spacial score (nSPS) is 17.5. The molecule has 1 saturated heterocycles. The molecule has 0 unspecified atom stereocenters. The summed E-state index contributed by atoms with van der Waals surface area (Å²) in [6, 6.07) is 20.8. The highest BCUT2D eigenvalue weighted by Gasteiger charge is 2.42. The highest BCUT2D eigenvalue weighted by atomic mass is 35.5. The number of nitrogens with zero attached hydrogens (tertiary/aromatic N) is 3. The predicted molar refractivity (Wildman–Crippen MR) is 158 cm³/mol. The van der Waals surface area contributed by atoms with Crippen molar-refractivity contribution in [3.05, 3.63) is 106 Å². The molecule has 2 atom stereocenters. The summed E-state index contributed by atoms with van der Waals surface area (Å²) in [5.74, 6) is 0. The molecule has 0 bridgehead atoms. The second kappa shape index (κ2) is 10.1. The van der Waals surface area contributed by atoms with Gasteiger partial charge in [-0.2, -0.15) is 0 Å². The number of nitrogens with one attached hydrogen (secondary N) is 2. The van der Waals surface area contributed by atoms with Gasteiger partial charge in [0.15, 0.2) is 5.11 Å². The Balaban J connectivity index is 1.65. The van der Waals surface area contributed by atoms with Gasteiger partial charge in [-0.1, -0.05) is 23.7 Å². The lowest BCUT2D eigenvalue weighted by Crippen LogP contribution is -2.29. The number of anilines is 2. The van der Waals surface area contributed by atoms with Crippen molar-refractivity contribution in [2.75, 3.05) is 15.9 Å². The summed E-state index contributed by atoms with van der Waals surface area (Å²) in [6.45, 7) is 6.22. The minimum absolute atomic E-state index is 0.202.